The fourth-order valence-electron chi connectivity index (χ4n) is 1.76. The predicted molar refractivity (Wildman–Crippen MR) is 81.6 cm³/mol. The van der Waals surface area contributed by atoms with E-state index in [1.807, 2.05) is 6.20 Å². The van der Waals surface area contributed by atoms with Crippen molar-refractivity contribution in [2.75, 3.05) is 13.2 Å². The lowest BCUT2D eigenvalue weighted by molar-refractivity contribution is 0.287. The molecule has 0 radical (unpaired) electrons. The van der Waals surface area contributed by atoms with E-state index < -0.39 is 0 Å². The van der Waals surface area contributed by atoms with E-state index in [1.165, 1.54) is 12.1 Å². The average molecular weight is 357 g/mol. The minimum Gasteiger partial charge on any atom is -0.490 e. The summed E-state index contributed by atoms with van der Waals surface area (Å²) in [6.45, 7) is 4.83. The fraction of sp³-hybridized carbons (Fsp3) is 0.429. The van der Waals surface area contributed by atoms with Crippen LogP contribution in [0, 0.1) is 5.82 Å². The molecule has 0 amide bonds. The Bertz CT molecular complexity index is 576. The average Bonchev–Trinajstić information content (AvgIpc) is 2.89. The molecular formula is C14H18BrFN4O. The van der Waals surface area contributed by atoms with E-state index in [-0.39, 0.29) is 5.82 Å². The molecule has 0 atom stereocenters. The molecule has 1 heterocycles. The first kappa shape index (κ1) is 15.9. The molecule has 0 fully saturated rings. The standard InChI is InChI=1S/C14H18BrFN4O/c1-2-5-17-9-12-10-20(19-18-12)6-7-21-14-4-3-11(16)8-13(14)15/h3-4,8,10,17H,2,5-7,9H2,1H3. The second kappa shape index (κ2) is 8.09. The summed E-state index contributed by atoms with van der Waals surface area (Å²) < 4.78 is 20.9. The van der Waals surface area contributed by atoms with Gasteiger partial charge in [-0.3, -0.25) is 0 Å². The maximum absolute atomic E-state index is 13.0. The van der Waals surface area contributed by atoms with Crippen LogP contribution in [-0.2, 0) is 13.1 Å². The topological polar surface area (TPSA) is 52.0 Å². The summed E-state index contributed by atoms with van der Waals surface area (Å²) in [7, 11) is 0. The Labute approximate surface area is 131 Å². The molecule has 0 unspecified atom stereocenters. The highest BCUT2D eigenvalue weighted by Gasteiger charge is 2.04. The van der Waals surface area contributed by atoms with Crippen molar-refractivity contribution in [3.63, 3.8) is 0 Å². The Morgan fingerprint density at radius 2 is 2.29 bits per heavy atom. The first-order valence-corrected chi connectivity index (χ1v) is 7.66. The van der Waals surface area contributed by atoms with Gasteiger partial charge in [0.1, 0.15) is 18.2 Å². The van der Waals surface area contributed by atoms with Crippen LogP contribution in [-0.4, -0.2) is 28.1 Å². The van der Waals surface area contributed by atoms with Crippen LogP contribution in [0.1, 0.15) is 19.0 Å². The van der Waals surface area contributed by atoms with Crippen LogP contribution in [0.5, 0.6) is 5.75 Å². The van der Waals surface area contributed by atoms with Crippen LogP contribution in [0.3, 0.4) is 0 Å². The molecular weight excluding hydrogens is 339 g/mol. The number of hydrogen-bond acceptors (Lipinski definition) is 4. The predicted octanol–water partition coefficient (Wildman–Crippen LogP) is 2.76. The highest BCUT2D eigenvalue weighted by Crippen LogP contribution is 2.25. The van der Waals surface area contributed by atoms with Crippen molar-refractivity contribution >= 4 is 15.9 Å². The van der Waals surface area contributed by atoms with Gasteiger partial charge >= 0.3 is 0 Å². The largest absolute Gasteiger partial charge is 0.490 e. The maximum atomic E-state index is 13.0. The molecule has 0 bridgehead atoms. The van der Waals surface area contributed by atoms with Gasteiger partial charge in [0.25, 0.3) is 0 Å². The lowest BCUT2D eigenvalue weighted by atomic mass is 10.3. The Morgan fingerprint density at radius 1 is 1.43 bits per heavy atom. The monoisotopic (exact) mass is 356 g/mol. The Balaban J connectivity index is 1.78. The van der Waals surface area contributed by atoms with Gasteiger partial charge in [0.2, 0.25) is 0 Å². The Hall–Kier alpha value is -1.47. The molecule has 2 rings (SSSR count). The van der Waals surface area contributed by atoms with Crippen LogP contribution in [0.4, 0.5) is 4.39 Å². The molecule has 5 nitrogen and oxygen atoms in total. The van der Waals surface area contributed by atoms with E-state index in [9.17, 15) is 4.39 Å². The first-order chi connectivity index (χ1) is 10.2. The van der Waals surface area contributed by atoms with Gasteiger partial charge in [-0.25, -0.2) is 9.07 Å². The normalized spacial score (nSPS) is 10.8. The van der Waals surface area contributed by atoms with Crippen molar-refractivity contribution in [2.24, 2.45) is 0 Å². The van der Waals surface area contributed by atoms with Crippen LogP contribution in [0.15, 0.2) is 28.9 Å². The van der Waals surface area contributed by atoms with E-state index in [1.54, 1.807) is 10.7 Å². The van der Waals surface area contributed by atoms with E-state index in [2.05, 4.69) is 38.5 Å². The molecule has 2 aromatic rings. The van der Waals surface area contributed by atoms with Gasteiger partial charge in [0.15, 0.2) is 0 Å². The lowest BCUT2D eigenvalue weighted by Gasteiger charge is -2.07. The van der Waals surface area contributed by atoms with Crippen molar-refractivity contribution in [3.8, 4) is 5.75 Å². The second-order valence-corrected chi connectivity index (χ2v) is 5.43. The zero-order valence-corrected chi connectivity index (χ0v) is 13.4. The second-order valence-electron chi connectivity index (χ2n) is 4.57. The van der Waals surface area contributed by atoms with Gasteiger partial charge in [-0.15, -0.1) is 5.10 Å². The molecule has 1 aromatic carbocycles. The third-order valence-electron chi connectivity index (χ3n) is 2.79. The van der Waals surface area contributed by atoms with Crippen LogP contribution in [0.25, 0.3) is 0 Å². The molecule has 114 valence electrons. The third-order valence-corrected chi connectivity index (χ3v) is 3.41. The van der Waals surface area contributed by atoms with Crippen molar-refractivity contribution in [3.05, 3.63) is 40.4 Å². The summed E-state index contributed by atoms with van der Waals surface area (Å²) in [6, 6.07) is 4.34. The van der Waals surface area contributed by atoms with Crippen LogP contribution in [0.2, 0.25) is 0 Å². The first-order valence-electron chi connectivity index (χ1n) is 6.86. The summed E-state index contributed by atoms with van der Waals surface area (Å²) in [5, 5.41) is 11.4. The number of aromatic nitrogens is 3. The van der Waals surface area contributed by atoms with E-state index in [0.717, 1.165) is 25.2 Å². The van der Waals surface area contributed by atoms with Gasteiger partial charge in [0.05, 0.1) is 16.7 Å². The Morgan fingerprint density at radius 3 is 3.05 bits per heavy atom. The maximum Gasteiger partial charge on any atom is 0.133 e. The zero-order chi connectivity index (χ0) is 15.1. The van der Waals surface area contributed by atoms with Crippen LogP contribution < -0.4 is 10.1 Å². The van der Waals surface area contributed by atoms with E-state index >= 15 is 0 Å². The van der Waals surface area contributed by atoms with Gasteiger partial charge in [-0.05, 0) is 47.1 Å². The molecule has 7 heteroatoms. The summed E-state index contributed by atoms with van der Waals surface area (Å²) >= 11 is 3.26. The highest BCUT2D eigenvalue weighted by molar-refractivity contribution is 9.10. The molecule has 1 aromatic heterocycles. The number of nitrogens with one attached hydrogen (secondary N) is 1. The van der Waals surface area contributed by atoms with Gasteiger partial charge in [-0.1, -0.05) is 12.1 Å². The molecule has 0 saturated carbocycles. The third kappa shape index (κ3) is 5.09. The summed E-state index contributed by atoms with van der Waals surface area (Å²) in [5.41, 5.74) is 0.909. The number of hydrogen-bond donors (Lipinski definition) is 1. The number of halogens is 2. The van der Waals surface area contributed by atoms with Crippen molar-refractivity contribution in [1.82, 2.24) is 20.3 Å². The van der Waals surface area contributed by atoms with Gasteiger partial charge in [-0.2, -0.15) is 0 Å². The van der Waals surface area contributed by atoms with Gasteiger partial charge in [0, 0.05) is 12.7 Å². The number of benzene rings is 1. The van der Waals surface area contributed by atoms with E-state index in [4.69, 9.17) is 4.74 Å². The van der Waals surface area contributed by atoms with Crippen LogP contribution >= 0.6 is 15.9 Å². The number of nitrogens with zero attached hydrogens (tertiary/aromatic N) is 3. The minimum absolute atomic E-state index is 0.297. The van der Waals surface area contributed by atoms with Crippen molar-refractivity contribution in [1.29, 1.82) is 0 Å². The summed E-state index contributed by atoms with van der Waals surface area (Å²) in [5.74, 6) is 0.316. The SMILES string of the molecule is CCCNCc1cn(CCOc2ccc(F)cc2Br)nn1. The molecule has 0 aliphatic rings. The molecule has 1 N–H and O–H groups in total. The summed E-state index contributed by atoms with van der Waals surface area (Å²) in [6.07, 6.45) is 2.99. The lowest BCUT2D eigenvalue weighted by Crippen LogP contribution is -2.14. The minimum atomic E-state index is -0.297. The molecule has 0 aliphatic carbocycles. The Kier molecular flexibility index (Phi) is 6.13. The highest BCUT2D eigenvalue weighted by atomic mass is 79.9. The smallest absolute Gasteiger partial charge is 0.133 e. The van der Waals surface area contributed by atoms with Crippen molar-refractivity contribution < 1.29 is 9.13 Å². The summed E-state index contributed by atoms with van der Waals surface area (Å²) in [4.78, 5) is 0. The van der Waals surface area contributed by atoms with E-state index in [0.29, 0.717) is 23.4 Å². The number of ether oxygens (including phenoxy) is 1. The fourth-order valence-corrected chi connectivity index (χ4v) is 2.23. The molecule has 0 spiro atoms. The van der Waals surface area contributed by atoms with Gasteiger partial charge < -0.3 is 10.1 Å². The van der Waals surface area contributed by atoms with Crippen molar-refractivity contribution in [2.45, 2.75) is 26.4 Å². The number of rotatable bonds is 8. The molecule has 0 saturated heterocycles. The molecule has 0 aliphatic heterocycles. The zero-order valence-electron chi connectivity index (χ0n) is 11.9. The quantitative estimate of drug-likeness (QED) is 0.739. The molecule has 21 heavy (non-hydrogen) atoms.